The van der Waals surface area contributed by atoms with Gasteiger partial charge in [0.2, 0.25) is 0 Å². The van der Waals surface area contributed by atoms with E-state index in [0.717, 1.165) is 0 Å². The van der Waals surface area contributed by atoms with Gasteiger partial charge in [-0.3, -0.25) is 0 Å². The van der Waals surface area contributed by atoms with Crippen LogP contribution in [0.4, 0.5) is 0 Å². The van der Waals surface area contributed by atoms with E-state index < -0.39 is 21.9 Å². The van der Waals surface area contributed by atoms with Crippen molar-refractivity contribution >= 4 is 9.84 Å². The van der Waals surface area contributed by atoms with Crippen molar-refractivity contribution in [1.29, 1.82) is 5.26 Å². The third kappa shape index (κ3) is 2.19. The number of aliphatic hydroxyl groups is 1. The molecule has 1 N–H and O–H groups in total. The minimum atomic E-state index is -3.01. The number of aliphatic hydroxyl groups excluding tert-OH is 1. The summed E-state index contributed by atoms with van der Waals surface area (Å²) in [7, 11) is -3.01. The molecule has 0 unspecified atom stereocenters. The molecule has 0 amide bonds. The molecule has 1 fully saturated rings. The van der Waals surface area contributed by atoms with Gasteiger partial charge in [-0.25, -0.2) is 8.42 Å². The number of sulfone groups is 1. The van der Waals surface area contributed by atoms with Crippen molar-refractivity contribution in [3.63, 3.8) is 0 Å². The van der Waals surface area contributed by atoms with Gasteiger partial charge in [0.15, 0.2) is 0 Å². The zero-order valence-corrected chi connectivity index (χ0v) is 7.42. The molecule has 0 aliphatic carbocycles. The van der Waals surface area contributed by atoms with Gasteiger partial charge in [-0.1, -0.05) is 0 Å². The smallest absolute Gasteiger partial charge is 0.150 e. The third-order valence-corrected chi connectivity index (χ3v) is 3.81. The molecule has 4 nitrogen and oxygen atoms in total. The van der Waals surface area contributed by atoms with E-state index in [4.69, 9.17) is 5.26 Å². The lowest BCUT2D eigenvalue weighted by molar-refractivity contribution is 0.130. The van der Waals surface area contributed by atoms with Crippen LogP contribution < -0.4 is 0 Å². The van der Waals surface area contributed by atoms with Crippen LogP contribution in [0.1, 0.15) is 12.8 Å². The van der Waals surface area contributed by atoms with Crippen molar-refractivity contribution in [2.45, 2.75) is 18.9 Å². The zero-order valence-electron chi connectivity index (χ0n) is 6.60. The van der Waals surface area contributed by atoms with E-state index >= 15 is 0 Å². The summed E-state index contributed by atoms with van der Waals surface area (Å²) in [6.45, 7) is 0. The van der Waals surface area contributed by atoms with E-state index in [1.807, 2.05) is 6.07 Å². The molecule has 1 aliphatic heterocycles. The molecule has 5 heteroatoms. The highest BCUT2D eigenvalue weighted by molar-refractivity contribution is 7.91. The summed E-state index contributed by atoms with van der Waals surface area (Å²) in [5.74, 6) is -0.475. The molecular formula is C7H11NO3S. The lowest BCUT2D eigenvalue weighted by atomic mass is 10.00. The van der Waals surface area contributed by atoms with Crippen molar-refractivity contribution in [3.8, 4) is 6.07 Å². The Morgan fingerprint density at radius 2 is 1.92 bits per heavy atom. The van der Waals surface area contributed by atoms with Gasteiger partial charge >= 0.3 is 0 Å². The average Bonchev–Trinajstić information content (AvgIpc) is 2.13. The topological polar surface area (TPSA) is 78.2 Å². The van der Waals surface area contributed by atoms with Crippen LogP contribution in [0.25, 0.3) is 0 Å². The molecule has 1 aliphatic rings. The Balaban J connectivity index is 2.73. The Bertz CT molecular complexity index is 290. The van der Waals surface area contributed by atoms with Crippen LogP contribution in [0.5, 0.6) is 0 Å². The predicted molar refractivity (Wildman–Crippen MR) is 43.0 cm³/mol. The monoisotopic (exact) mass is 189 g/mol. The van der Waals surface area contributed by atoms with Crippen LogP contribution in [0, 0.1) is 17.2 Å². The van der Waals surface area contributed by atoms with E-state index in [9.17, 15) is 13.5 Å². The predicted octanol–water partition coefficient (Wildman–Crippen LogP) is -0.304. The average molecular weight is 189 g/mol. The maximum absolute atomic E-state index is 11.1. The van der Waals surface area contributed by atoms with Gasteiger partial charge in [0, 0.05) is 0 Å². The molecule has 2 atom stereocenters. The van der Waals surface area contributed by atoms with Crippen molar-refractivity contribution in [2.24, 2.45) is 5.92 Å². The molecule has 0 aromatic rings. The Hall–Kier alpha value is -0.600. The zero-order chi connectivity index (χ0) is 9.19. The number of rotatable bonds is 0. The number of hydrogen-bond acceptors (Lipinski definition) is 4. The van der Waals surface area contributed by atoms with Gasteiger partial charge in [0.25, 0.3) is 0 Å². The largest absolute Gasteiger partial charge is 0.392 e. The van der Waals surface area contributed by atoms with E-state index in [2.05, 4.69) is 0 Å². The van der Waals surface area contributed by atoms with Gasteiger partial charge < -0.3 is 5.11 Å². The second-order valence-electron chi connectivity index (χ2n) is 3.03. The van der Waals surface area contributed by atoms with Crippen LogP contribution in [-0.2, 0) is 9.84 Å². The quantitative estimate of drug-likeness (QED) is 0.567. The maximum Gasteiger partial charge on any atom is 0.150 e. The van der Waals surface area contributed by atoms with E-state index in [1.54, 1.807) is 0 Å². The van der Waals surface area contributed by atoms with E-state index in [0.29, 0.717) is 0 Å². The fourth-order valence-electron chi connectivity index (χ4n) is 1.25. The Morgan fingerprint density at radius 1 is 1.33 bits per heavy atom. The molecule has 0 spiro atoms. The fraction of sp³-hybridized carbons (Fsp3) is 0.857. The summed E-state index contributed by atoms with van der Waals surface area (Å²) in [6, 6.07) is 1.92. The highest BCUT2D eigenvalue weighted by atomic mass is 32.2. The summed E-state index contributed by atoms with van der Waals surface area (Å²) in [6.07, 6.45) is -0.312. The van der Waals surface area contributed by atoms with Crippen molar-refractivity contribution in [2.75, 3.05) is 11.5 Å². The van der Waals surface area contributed by atoms with Gasteiger partial charge in [0.05, 0.1) is 29.6 Å². The standard InChI is InChI=1S/C7H11NO3S/c8-5-6-1-3-12(10,11)4-2-7(6)9/h6-7,9H,1-4H2/t6-,7+/m1/s1. The molecular weight excluding hydrogens is 178 g/mol. The SMILES string of the molecule is N#C[C@H]1CCS(=O)(=O)CC[C@@H]1O. The van der Waals surface area contributed by atoms with Gasteiger partial charge in [0.1, 0.15) is 9.84 Å². The molecule has 0 saturated carbocycles. The van der Waals surface area contributed by atoms with Crippen LogP contribution in [0.2, 0.25) is 0 Å². The Kier molecular flexibility index (Phi) is 2.70. The summed E-state index contributed by atoms with van der Waals surface area (Å²) in [5.41, 5.74) is 0. The van der Waals surface area contributed by atoms with Crippen molar-refractivity contribution in [1.82, 2.24) is 0 Å². The van der Waals surface area contributed by atoms with Crippen LogP contribution in [0.3, 0.4) is 0 Å². The first kappa shape index (κ1) is 9.49. The lowest BCUT2D eigenvalue weighted by Gasteiger charge is -2.09. The molecule has 1 saturated heterocycles. The van der Waals surface area contributed by atoms with Crippen LogP contribution in [0.15, 0.2) is 0 Å². The number of nitriles is 1. The summed E-state index contributed by atoms with van der Waals surface area (Å²) in [5, 5.41) is 17.8. The first-order valence-corrected chi connectivity index (χ1v) is 5.65. The second kappa shape index (κ2) is 3.42. The molecule has 0 aromatic heterocycles. The Labute approximate surface area is 71.7 Å². The molecule has 0 aromatic carbocycles. The summed E-state index contributed by atoms with van der Waals surface area (Å²) in [4.78, 5) is 0. The molecule has 1 rings (SSSR count). The van der Waals surface area contributed by atoms with Crippen molar-refractivity contribution < 1.29 is 13.5 Å². The highest BCUT2D eigenvalue weighted by Crippen LogP contribution is 2.18. The normalized spacial score (nSPS) is 35.0. The third-order valence-electron chi connectivity index (χ3n) is 2.09. The van der Waals surface area contributed by atoms with Crippen LogP contribution >= 0.6 is 0 Å². The second-order valence-corrected chi connectivity index (χ2v) is 5.34. The molecule has 0 bridgehead atoms. The van der Waals surface area contributed by atoms with Gasteiger partial charge in [-0.15, -0.1) is 0 Å². The molecule has 0 radical (unpaired) electrons. The maximum atomic E-state index is 11.1. The first-order valence-electron chi connectivity index (χ1n) is 3.83. The highest BCUT2D eigenvalue weighted by Gasteiger charge is 2.27. The summed E-state index contributed by atoms with van der Waals surface area (Å²) < 4.78 is 22.1. The van der Waals surface area contributed by atoms with Gasteiger partial charge in [-0.05, 0) is 12.8 Å². The molecule has 68 valence electrons. The number of hydrogen-bond donors (Lipinski definition) is 1. The minimum Gasteiger partial charge on any atom is -0.392 e. The Morgan fingerprint density at radius 3 is 2.50 bits per heavy atom. The first-order chi connectivity index (χ1) is 5.55. The van der Waals surface area contributed by atoms with Crippen molar-refractivity contribution in [3.05, 3.63) is 0 Å². The van der Waals surface area contributed by atoms with Crippen LogP contribution in [-0.4, -0.2) is 31.1 Å². The van der Waals surface area contributed by atoms with E-state index in [-0.39, 0.29) is 24.3 Å². The molecule has 12 heavy (non-hydrogen) atoms. The number of nitrogens with zero attached hydrogens (tertiary/aromatic N) is 1. The molecule has 1 heterocycles. The van der Waals surface area contributed by atoms with Gasteiger partial charge in [-0.2, -0.15) is 5.26 Å². The fourth-order valence-corrected chi connectivity index (χ4v) is 2.67. The summed E-state index contributed by atoms with van der Waals surface area (Å²) >= 11 is 0. The van der Waals surface area contributed by atoms with E-state index in [1.165, 1.54) is 0 Å². The lowest BCUT2D eigenvalue weighted by Crippen LogP contribution is -2.17. The minimum absolute atomic E-state index is 0.00630.